The van der Waals surface area contributed by atoms with Gasteiger partial charge in [-0.05, 0) is 50.2 Å². The molecule has 3 rings (SSSR count). The number of hydrogen-bond donors (Lipinski definition) is 2. The van der Waals surface area contributed by atoms with E-state index in [0.29, 0.717) is 28.1 Å². The zero-order valence-corrected chi connectivity index (χ0v) is 15.7. The molecular weight excluding hydrogens is 352 g/mol. The highest BCUT2D eigenvalue weighted by Crippen LogP contribution is 2.21. The van der Waals surface area contributed by atoms with Gasteiger partial charge in [-0.1, -0.05) is 42.0 Å². The van der Waals surface area contributed by atoms with Crippen LogP contribution in [-0.4, -0.2) is 17.6 Å². The summed E-state index contributed by atoms with van der Waals surface area (Å²) in [5, 5.41) is 5.55. The van der Waals surface area contributed by atoms with Gasteiger partial charge in [-0.25, -0.2) is 0 Å². The molecule has 0 aromatic heterocycles. The van der Waals surface area contributed by atoms with Crippen LogP contribution in [0, 0.1) is 6.92 Å². The molecule has 2 N–H and O–H groups in total. The average molecular weight is 372 g/mol. The number of hydrogen-bond acceptors (Lipinski definition) is 3. The Hall–Kier alpha value is -3.73. The lowest BCUT2D eigenvalue weighted by Crippen LogP contribution is -2.19. The van der Waals surface area contributed by atoms with Crippen LogP contribution in [-0.2, 0) is 0 Å². The fourth-order valence-corrected chi connectivity index (χ4v) is 2.86. The van der Waals surface area contributed by atoms with Crippen molar-refractivity contribution in [3.05, 3.63) is 95.1 Å². The predicted octanol–water partition coefficient (Wildman–Crippen LogP) is 4.70. The molecule has 2 amide bonds. The Morgan fingerprint density at radius 1 is 0.679 bits per heavy atom. The van der Waals surface area contributed by atoms with Crippen LogP contribution < -0.4 is 10.6 Å². The van der Waals surface area contributed by atoms with E-state index in [1.54, 1.807) is 60.7 Å². The molecule has 3 aromatic carbocycles. The van der Waals surface area contributed by atoms with Gasteiger partial charge >= 0.3 is 0 Å². The van der Waals surface area contributed by atoms with E-state index in [1.807, 2.05) is 19.1 Å². The molecule has 0 radical (unpaired) electrons. The van der Waals surface area contributed by atoms with Crippen LogP contribution in [0.25, 0.3) is 0 Å². The Morgan fingerprint density at radius 3 is 1.89 bits per heavy atom. The van der Waals surface area contributed by atoms with E-state index in [9.17, 15) is 14.4 Å². The maximum absolute atomic E-state index is 12.8. The van der Waals surface area contributed by atoms with Gasteiger partial charge in [0.05, 0.1) is 16.9 Å². The number of para-hydroxylation sites is 2. The Kier molecular flexibility index (Phi) is 5.65. The summed E-state index contributed by atoms with van der Waals surface area (Å²) in [4.78, 5) is 37.1. The second-order valence-corrected chi connectivity index (χ2v) is 6.43. The maximum atomic E-state index is 12.8. The minimum atomic E-state index is -0.408. The van der Waals surface area contributed by atoms with Gasteiger partial charge in [0.15, 0.2) is 5.78 Å². The highest BCUT2D eigenvalue weighted by Gasteiger charge is 2.16. The summed E-state index contributed by atoms with van der Waals surface area (Å²) in [6, 6.07) is 20.8. The molecule has 0 heterocycles. The highest BCUT2D eigenvalue weighted by molar-refractivity contribution is 6.14. The summed E-state index contributed by atoms with van der Waals surface area (Å²) in [6.45, 7) is 3.35. The number of Topliss-reactive ketones (excluding diaryl/α,β-unsaturated/α-hetero) is 1. The zero-order valence-electron chi connectivity index (χ0n) is 15.7. The first kappa shape index (κ1) is 19.0. The molecule has 5 heteroatoms. The minimum absolute atomic E-state index is 0.142. The largest absolute Gasteiger partial charge is 0.321 e. The first-order valence-electron chi connectivity index (χ1n) is 8.84. The maximum Gasteiger partial charge on any atom is 0.257 e. The second kappa shape index (κ2) is 8.31. The third-order valence-corrected chi connectivity index (χ3v) is 4.25. The molecule has 0 aliphatic carbocycles. The SMILES string of the molecule is CC(=O)c1ccccc1NC(=O)c1ccccc1NC(=O)c1cccc(C)c1. The Morgan fingerprint density at radius 2 is 1.25 bits per heavy atom. The van der Waals surface area contributed by atoms with Crippen molar-refractivity contribution in [1.82, 2.24) is 0 Å². The molecular formula is C23H20N2O3. The Labute approximate surface area is 163 Å². The van der Waals surface area contributed by atoms with Crippen LogP contribution in [0.5, 0.6) is 0 Å². The first-order chi connectivity index (χ1) is 13.5. The molecule has 5 nitrogen and oxygen atoms in total. The molecule has 0 bridgehead atoms. The molecule has 0 saturated carbocycles. The summed E-state index contributed by atoms with van der Waals surface area (Å²) in [7, 11) is 0. The van der Waals surface area contributed by atoms with Crippen molar-refractivity contribution < 1.29 is 14.4 Å². The third-order valence-electron chi connectivity index (χ3n) is 4.25. The number of anilines is 2. The van der Waals surface area contributed by atoms with Gasteiger partial charge in [0.2, 0.25) is 0 Å². The van der Waals surface area contributed by atoms with Gasteiger partial charge in [-0.2, -0.15) is 0 Å². The van der Waals surface area contributed by atoms with Gasteiger partial charge in [0, 0.05) is 11.1 Å². The number of carbonyl (C=O) groups excluding carboxylic acids is 3. The van der Waals surface area contributed by atoms with Crippen molar-refractivity contribution in [3.8, 4) is 0 Å². The number of nitrogens with one attached hydrogen (secondary N) is 2. The van der Waals surface area contributed by atoms with E-state index in [2.05, 4.69) is 10.6 Å². The van der Waals surface area contributed by atoms with E-state index in [1.165, 1.54) is 6.92 Å². The molecule has 140 valence electrons. The molecule has 28 heavy (non-hydrogen) atoms. The molecule has 0 fully saturated rings. The third kappa shape index (κ3) is 4.32. The van der Waals surface area contributed by atoms with Crippen molar-refractivity contribution in [2.75, 3.05) is 10.6 Å². The summed E-state index contributed by atoms with van der Waals surface area (Å²) in [5.74, 6) is -0.848. The molecule has 0 spiro atoms. The lowest BCUT2D eigenvalue weighted by Gasteiger charge is -2.13. The Balaban J connectivity index is 1.85. The van der Waals surface area contributed by atoms with Gasteiger partial charge in [-0.3, -0.25) is 14.4 Å². The number of benzene rings is 3. The van der Waals surface area contributed by atoms with Crippen molar-refractivity contribution in [2.45, 2.75) is 13.8 Å². The molecule has 0 aliphatic heterocycles. The fraction of sp³-hybridized carbons (Fsp3) is 0.0870. The van der Waals surface area contributed by atoms with Crippen LogP contribution in [0.3, 0.4) is 0 Å². The fourth-order valence-electron chi connectivity index (χ4n) is 2.86. The highest BCUT2D eigenvalue weighted by atomic mass is 16.2. The lowest BCUT2D eigenvalue weighted by atomic mass is 10.1. The van der Waals surface area contributed by atoms with Gasteiger partial charge in [0.25, 0.3) is 11.8 Å². The quantitative estimate of drug-likeness (QED) is 0.637. The minimum Gasteiger partial charge on any atom is -0.321 e. The van der Waals surface area contributed by atoms with E-state index in [4.69, 9.17) is 0 Å². The van der Waals surface area contributed by atoms with Gasteiger partial charge in [0.1, 0.15) is 0 Å². The monoisotopic (exact) mass is 372 g/mol. The van der Waals surface area contributed by atoms with Crippen molar-refractivity contribution in [3.63, 3.8) is 0 Å². The topological polar surface area (TPSA) is 75.3 Å². The summed E-state index contributed by atoms with van der Waals surface area (Å²) in [6.07, 6.45) is 0. The van der Waals surface area contributed by atoms with E-state index in [-0.39, 0.29) is 11.7 Å². The van der Waals surface area contributed by atoms with Gasteiger partial charge in [-0.15, -0.1) is 0 Å². The summed E-state index contributed by atoms with van der Waals surface area (Å²) < 4.78 is 0. The molecule has 0 saturated heterocycles. The number of ketones is 1. The van der Waals surface area contributed by atoms with Gasteiger partial charge < -0.3 is 10.6 Å². The zero-order chi connectivity index (χ0) is 20.1. The predicted molar refractivity (Wildman–Crippen MR) is 110 cm³/mol. The van der Waals surface area contributed by atoms with E-state index >= 15 is 0 Å². The number of carbonyl (C=O) groups is 3. The van der Waals surface area contributed by atoms with Crippen molar-refractivity contribution >= 4 is 29.0 Å². The van der Waals surface area contributed by atoms with Crippen LogP contribution >= 0.6 is 0 Å². The molecule has 0 atom stereocenters. The van der Waals surface area contributed by atoms with Crippen molar-refractivity contribution in [1.29, 1.82) is 0 Å². The number of amides is 2. The summed E-state index contributed by atoms with van der Waals surface area (Å²) in [5.41, 5.74) is 3.04. The van der Waals surface area contributed by atoms with Crippen molar-refractivity contribution in [2.24, 2.45) is 0 Å². The standard InChI is InChI=1S/C23H20N2O3/c1-15-8-7-9-17(14-15)22(27)24-21-13-6-4-11-19(21)23(28)25-20-12-5-3-10-18(20)16(2)26/h3-14H,1-2H3,(H,24,27)(H,25,28). The molecule has 0 unspecified atom stereocenters. The van der Waals surface area contributed by atoms with E-state index in [0.717, 1.165) is 5.56 Å². The number of aryl methyl sites for hydroxylation is 1. The number of rotatable bonds is 5. The second-order valence-electron chi connectivity index (χ2n) is 6.43. The molecule has 3 aromatic rings. The lowest BCUT2D eigenvalue weighted by molar-refractivity contribution is 0.101. The molecule has 0 aliphatic rings. The first-order valence-corrected chi connectivity index (χ1v) is 8.84. The van der Waals surface area contributed by atoms with Crippen LogP contribution in [0.1, 0.15) is 43.6 Å². The smallest absolute Gasteiger partial charge is 0.257 e. The van der Waals surface area contributed by atoms with Crippen LogP contribution in [0.4, 0.5) is 11.4 Å². The van der Waals surface area contributed by atoms with Crippen LogP contribution in [0.15, 0.2) is 72.8 Å². The van der Waals surface area contributed by atoms with Crippen LogP contribution in [0.2, 0.25) is 0 Å². The summed E-state index contributed by atoms with van der Waals surface area (Å²) >= 11 is 0. The normalized spacial score (nSPS) is 10.2. The van der Waals surface area contributed by atoms with E-state index < -0.39 is 5.91 Å². The Bertz CT molecular complexity index is 1060. The average Bonchev–Trinajstić information content (AvgIpc) is 2.68.